The molecule has 28 heavy (non-hydrogen) atoms. The predicted molar refractivity (Wildman–Crippen MR) is 109 cm³/mol. The van der Waals surface area contributed by atoms with E-state index in [1.807, 2.05) is 48.8 Å². The average Bonchev–Trinajstić information content (AvgIpc) is 3.15. The molecular formula is C21H33N3O4. The number of likely N-dealkylation sites (N-methyl/N-ethyl adjacent to an activating group) is 1. The van der Waals surface area contributed by atoms with Crippen molar-refractivity contribution in [1.82, 2.24) is 15.1 Å². The van der Waals surface area contributed by atoms with Crippen LogP contribution in [0.3, 0.4) is 0 Å². The first-order chi connectivity index (χ1) is 13.4. The highest BCUT2D eigenvalue weighted by Crippen LogP contribution is 2.38. The largest absolute Gasteiger partial charge is 0.497 e. The number of hydrogen-bond acceptors (Lipinski definition) is 5. The van der Waals surface area contributed by atoms with Gasteiger partial charge in [-0.1, -0.05) is 6.92 Å². The first-order valence-corrected chi connectivity index (χ1v) is 9.92. The van der Waals surface area contributed by atoms with Gasteiger partial charge in [0.2, 0.25) is 11.8 Å². The normalized spacial score (nSPS) is 16.5. The Bertz CT molecular complexity index is 678. The molecule has 1 heterocycles. The maximum atomic E-state index is 13.0. The minimum absolute atomic E-state index is 0.0339. The summed E-state index contributed by atoms with van der Waals surface area (Å²) in [5, 5.41) is 2.88. The molecule has 1 saturated heterocycles. The fraction of sp³-hybridized carbons (Fsp3) is 0.619. The Hall–Kier alpha value is -2.28. The minimum atomic E-state index is -0.0583. The zero-order chi connectivity index (χ0) is 20.7. The van der Waals surface area contributed by atoms with Crippen LogP contribution in [-0.2, 0) is 9.59 Å². The van der Waals surface area contributed by atoms with E-state index in [2.05, 4.69) is 5.32 Å². The van der Waals surface area contributed by atoms with Crippen molar-refractivity contribution in [1.29, 1.82) is 0 Å². The zero-order valence-corrected chi connectivity index (χ0v) is 17.7. The Kier molecular flexibility index (Phi) is 8.11. The number of benzene rings is 1. The summed E-state index contributed by atoms with van der Waals surface area (Å²) in [4.78, 5) is 28.9. The van der Waals surface area contributed by atoms with Crippen molar-refractivity contribution in [2.24, 2.45) is 0 Å². The number of ether oxygens (including phenoxy) is 2. The lowest BCUT2D eigenvalue weighted by molar-refractivity contribution is -0.134. The summed E-state index contributed by atoms with van der Waals surface area (Å²) in [5.74, 6) is 1.48. The lowest BCUT2D eigenvalue weighted by atomic mass is 10.0. The van der Waals surface area contributed by atoms with Gasteiger partial charge in [0.25, 0.3) is 0 Å². The number of rotatable bonds is 9. The number of likely N-dealkylation sites (tertiary alicyclic amines) is 1. The number of methoxy groups -OCH3 is 2. The number of nitrogens with zero attached hydrogens (tertiary/aromatic N) is 2. The SMILES string of the molecule is CCN(CC(=O)NC(C)C)CC(=O)N1CCC[C@H]1c1cc(OC)ccc1OC. The fourth-order valence-corrected chi connectivity index (χ4v) is 3.62. The smallest absolute Gasteiger partial charge is 0.237 e. The summed E-state index contributed by atoms with van der Waals surface area (Å²) in [7, 11) is 3.27. The zero-order valence-electron chi connectivity index (χ0n) is 17.7. The molecule has 1 aliphatic heterocycles. The lowest BCUT2D eigenvalue weighted by Gasteiger charge is -2.29. The van der Waals surface area contributed by atoms with E-state index in [-0.39, 0.29) is 37.0 Å². The number of carbonyl (C=O) groups excluding carboxylic acids is 2. The van der Waals surface area contributed by atoms with Crippen LogP contribution in [0, 0.1) is 0 Å². The van der Waals surface area contributed by atoms with Gasteiger partial charge in [0, 0.05) is 18.2 Å². The average molecular weight is 392 g/mol. The molecule has 0 radical (unpaired) electrons. The second-order valence-electron chi connectivity index (χ2n) is 7.38. The lowest BCUT2D eigenvalue weighted by Crippen LogP contribution is -2.45. The highest BCUT2D eigenvalue weighted by atomic mass is 16.5. The van der Waals surface area contributed by atoms with Crippen LogP contribution in [0.15, 0.2) is 18.2 Å². The fourth-order valence-electron chi connectivity index (χ4n) is 3.62. The summed E-state index contributed by atoms with van der Waals surface area (Å²) in [6.45, 7) is 7.61. The molecule has 0 bridgehead atoms. The van der Waals surface area contributed by atoms with E-state index in [0.29, 0.717) is 13.1 Å². The second kappa shape index (κ2) is 10.3. The summed E-state index contributed by atoms with van der Waals surface area (Å²) >= 11 is 0. The summed E-state index contributed by atoms with van der Waals surface area (Å²) < 4.78 is 10.9. The molecule has 2 rings (SSSR count). The number of carbonyl (C=O) groups is 2. The van der Waals surface area contributed by atoms with Gasteiger partial charge in [-0.05, 0) is 51.4 Å². The van der Waals surface area contributed by atoms with Gasteiger partial charge in [-0.3, -0.25) is 14.5 Å². The molecule has 1 atom stereocenters. The Morgan fingerprint density at radius 2 is 2.00 bits per heavy atom. The van der Waals surface area contributed by atoms with Crippen molar-refractivity contribution in [3.05, 3.63) is 23.8 Å². The standard InChI is InChI=1S/C21H33N3O4/c1-6-23(13-20(25)22-15(2)3)14-21(26)24-11-7-8-18(24)17-12-16(27-4)9-10-19(17)28-5/h9-10,12,15,18H,6-8,11,13-14H2,1-5H3,(H,22,25)/t18-/m0/s1. The molecular weight excluding hydrogens is 358 g/mol. The molecule has 7 nitrogen and oxygen atoms in total. The van der Waals surface area contributed by atoms with Gasteiger partial charge in [0.15, 0.2) is 0 Å². The molecule has 2 amide bonds. The van der Waals surface area contributed by atoms with Gasteiger partial charge in [0.05, 0.1) is 33.4 Å². The van der Waals surface area contributed by atoms with E-state index in [4.69, 9.17) is 9.47 Å². The molecule has 1 aliphatic rings. The molecule has 1 fully saturated rings. The van der Waals surface area contributed by atoms with Crippen LogP contribution in [0.25, 0.3) is 0 Å². The van der Waals surface area contributed by atoms with Gasteiger partial charge < -0.3 is 19.7 Å². The van der Waals surface area contributed by atoms with Crippen molar-refractivity contribution in [2.75, 3.05) is 40.4 Å². The maximum Gasteiger partial charge on any atom is 0.237 e. The van der Waals surface area contributed by atoms with Crippen molar-refractivity contribution in [3.63, 3.8) is 0 Å². The van der Waals surface area contributed by atoms with Crippen LogP contribution in [0.2, 0.25) is 0 Å². The molecule has 0 unspecified atom stereocenters. The Morgan fingerprint density at radius 1 is 1.25 bits per heavy atom. The van der Waals surface area contributed by atoms with Gasteiger partial charge in [-0.2, -0.15) is 0 Å². The van der Waals surface area contributed by atoms with E-state index in [1.54, 1.807) is 14.2 Å². The van der Waals surface area contributed by atoms with Gasteiger partial charge in [-0.15, -0.1) is 0 Å². The van der Waals surface area contributed by atoms with Crippen molar-refractivity contribution >= 4 is 11.8 Å². The van der Waals surface area contributed by atoms with E-state index in [0.717, 1.165) is 29.9 Å². The monoisotopic (exact) mass is 391 g/mol. The summed E-state index contributed by atoms with van der Waals surface area (Å²) in [6.07, 6.45) is 1.83. The molecule has 1 aromatic rings. The third kappa shape index (κ3) is 5.61. The third-order valence-electron chi connectivity index (χ3n) is 4.99. The van der Waals surface area contributed by atoms with E-state index in [9.17, 15) is 9.59 Å². The van der Waals surface area contributed by atoms with Crippen molar-refractivity contribution in [3.8, 4) is 11.5 Å². The Balaban J connectivity index is 2.11. The van der Waals surface area contributed by atoms with E-state index >= 15 is 0 Å². The molecule has 0 spiro atoms. The molecule has 7 heteroatoms. The van der Waals surface area contributed by atoms with Crippen LogP contribution in [0.5, 0.6) is 11.5 Å². The van der Waals surface area contributed by atoms with Crippen LogP contribution < -0.4 is 14.8 Å². The molecule has 0 aromatic heterocycles. The maximum absolute atomic E-state index is 13.0. The van der Waals surface area contributed by atoms with Crippen LogP contribution in [-0.4, -0.2) is 68.1 Å². The summed E-state index contributed by atoms with van der Waals surface area (Å²) in [5.41, 5.74) is 0.966. The topological polar surface area (TPSA) is 71.1 Å². The highest BCUT2D eigenvalue weighted by Gasteiger charge is 2.32. The highest BCUT2D eigenvalue weighted by molar-refractivity contribution is 5.82. The van der Waals surface area contributed by atoms with Crippen LogP contribution >= 0.6 is 0 Å². The van der Waals surface area contributed by atoms with Crippen molar-refractivity contribution in [2.45, 2.75) is 45.7 Å². The molecule has 0 saturated carbocycles. The molecule has 0 aliphatic carbocycles. The molecule has 156 valence electrons. The summed E-state index contributed by atoms with van der Waals surface area (Å²) in [6, 6.07) is 5.73. The van der Waals surface area contributed by atoms with Crippen LogP contribution in [0.1, 0.15) is 45.2 Å². The molecule has 1 N–H and O–H groups in total. The van der Waals surface area contributed by atoms with Crippen LogP contribution in [0.4, 0.5) is 0 Å². The quantitative estimate of drug-likeness (QED) is 0.699. The predicted octanol–water partition coefficient (Wildman–Crippen LogP) is 2.21. The van der Waals surface area contributed by atoms with E-state index in [1.165, 1.54) is 0 Å². The Labute approximate surface area is 168 Å². The van der Waals surface area contributed by atoms with Gasteiger partial charge in [0.1, 0.15) is 11.5 Å². The van der Waals surface area contributed by atoms with Gasteiger partial charge in [-0.25, -0.2) is 0 Å². The van der Waals surface area contributed by atoms with Crippen molar-refractivity contribution < 1.29 is 19.1 Å². The van der Waals surface area contributed by atoms with E-state index < -0.39 is 0 Å². The third-order valence-corrected chi connectivity index (χ3v) is 4.99. The number of nitrogens with one attached hydrogen (secondary N) is 1. The first kappa shape index (κ1) is 22.0. The molecule has 1 aromatic carbocycles. The second-order valence-corrected chi connectivity index (χ2v) is 7.38. The number of amides is 2. The Morgan fingerprint density at radius 3 is 2.61 bits per heavy atom. The van der Waals surface area contributed by atoms with Gasteiger partial charge >= 0.3 is 0 Å². The number of hydrogen-bond donors (Lipinski definition) is 1. The minimum Gasteiger partial charge on any atom is -0.497 e. The first-order valence-electron chi connectivity index (χ1n) is 9.92.